The lowest BCUT2D eigenvalue weighted by molar-refractivity contribution is 0.633. The molecular weight excluding hydrogens is 212 g/mol. The minimum atomic E-state index is 0.306. The molecule has 0 saturated heterocycles. The fourth-order valence-electron chi connectivity index (χ4n) is 1.81. The van der Waals surface area contributed by atoms with Crippen molar-refractivity contribution in [3.63, 3.8) is 0 Å². The van der Waals surface area contributed by atoms with Gasteiger partial charge in [0.2, 0.25) is 0 Å². The number of rotatable bonds is 4. The number of fused-ring (bicyclic) bond motifs is 1. The molecule has 0 bridgehead atoms. The molecule has 0 aliphatic heterocycles. The molecule has 0 amide bonds. The highest BCUT2D eigenvalue weighted by molar-refractivity contribution is 5.78. The second-order valence-corrected chi connectivity index (χ2v) is 4.33. The Morgan fingerprint density at radius 1 is 1.59 bits per heavy atom. The molecule has 0 radical (unpaired) electrons. The van der Waals surface area contributed by atoms with Crippen molar-refractivity contribution in [2.24, 2.45) is 7.05 Å². The van der Waals surface area contributed by atoms with Gasteiger partial charge in [0.05, 0.1) is 5.69 Å². The van der Waals surface area contributed by atoms with Crippen molar-refractivity contribution in [1.29, 1.82) is 0 Å². The Bertz CT molecular complexity index is 542. The minimum Gasteiger partial charge on any atom is -0.307 e. The van der Waals surface area contributed by atoms with Crippen molar-refractivity contribution < 1.29 is 0 Å². The van der Waals surface area contributed by atoms with Crippen LogP contribution in [0.3, 0.4) is 0 Å². The van der Waals surface area contributed by atoms with Gasteiger partial charge in [0.15, 0.2) is 5.65 Å². The summed E-state index contributed by atoms with van der Waals surface area (Å²) < 4.78 is 1.81. The van der Waals surface area contributed by atoms with Gasteiger partial charge in [0.25, 0.3) is 0 Å². The highest BCUT2D eigenvalue weighted by Crippen LogP contribution is 2.16. The van der Waals surface area contributed by atoms with Crippen LogP contribution >= 0.6 is 0 Å². The van der Waals surface area contributed by atoms with Crippen LogP contribution in [0.5, 0.6) is 0 Å². The normalized spacial score (nSPS) is 12.9. The average molecular weight is 230 g/mol. The van der Waals surface area contributed by atoms with Crippen molar-refractivity contribution in [2.75, 3.05) is 0 Å². The lowest BCUT2D eigenvalue weighted by Gasteiger charge is -2.08. The van der Waals surface area contributed by atoms with Crippen molar-refractivity contribution in [3.8, 4) is 0 Å². The Morgan fingerprint density at radius 2 is 2.35 bits per heavy atom. The van der Waals surface area contributed by atoms with Crippen LogP contribution in [-0.2, 0) is 13.6 Å². The lowest BCUT2D eigenvalue weighted by Crippen LogP contribution is -2.22. The first-order chi connectivity index (χ1) is 8.11. The van der Waals surface area contributed by atoms with Crippen LogP contribution in [0.4, 0.5) is 0 Å². The molecule has 0 spiro atoms. The zero-order valence-corrected chi connectivity index (χ0v) is 10.6. The summed E-state index contributed by atoms with van der Waals surface area (Å²) in [5, 5.41) is 8.84. The molecule has 2 aromatic rings. The second-order valence-electron chi connectivity index (χ2n) is 4.33. The predicted octanol–water partition coefficient (Wildman–Crippen LogP) is 1.94. The summed E-state index contributed by atoms with van der Waals surface area (Å²) in [5.74, 6) is 0. The quantitative estimate of drug-likeness (QED) is 0.816. The molecule has 0 fully saturated rings. The fraction of sp³-hybridized carbons (Fsp3) is 0.385. The first-order valence-corrected chi connectivity index (χ1v) is 5.76. The van der Waals surface area contributed by atoms with Crippen LogP contribution in [0.25, 0.3) is 11.0 Å². The zero-order valence-electron chi connectivity index (χ0n) is 10.6. The summed E-state index contributed by atoms with van der Waals surface area (Å²) >= 11 is 0. The molecule has 0 aromatic carbocycles. The van der Waals surface area contributed by atoms with E-state index < -0.39 is 0 Å². The minimum absolute atomic E-state index is 0.306. The van der Waals surface area contributed by atoms with Gasteiger partial charge in [-0.1, -0.05) is 6.08 Å². The van der Waals surface area contributed by atoms with Gasteiger partial charge in [-0.15, -0.1) is 6.58 Å². The molecule has 90 valence electrons. The number of nitrogens with one attached hydrogen (secondary N) is 1. The summed E-state index contributed by atoms with van der Waals surface area (Å²) in [6.45, 7) is 8.63. The standard InChI is InChI=1S/C13H18N4/c1-5-9(2)14-7-11-6-12-10(3)16-17(4)13(12)15-8-11/h5-6,8-9,14H,1,7H2,2-4H3. The van der Waals surface area contributed by atoms with E-state index in [1.165, 1.54) is 5.56 Å². The number of pyridine rings is 1. The van der Waals surface area contributed by atoms with Gasteiger partial charge in [0.1, 0.15) is 0 Å². The largest absolute Gasteiger partial charge is 0.307 e. The summed E-state index contributed by atoms with van der Waals surface area (Å²) in [7, 11) is 1.92. The highest BCUT2D eigenvalue weighted by Gasteiger charge is 2.07. The van der Waals surface area contributed by atoms with Gasteiger partial charge in [-0.2, -0.15) is 5.10 Å². The molecule has 2 heterocycles. The molecule has 17 heavy (non-hydrogen) atoms. The number of aromatic nitrogens is 3. The van der Waals surface area contributed by atoms with Gasteiger partial charge in [0, 0.05) is 31.2 Å². The van der Waals surface area contributed by atoms with E-state index in [9.17, 15) is 0 Å². The smallest absolute Gasteiger partial charge is 0.157 e. The van der Waals surface area contributed by atoms with Crippen LogP contribution in [0.15, 0.2) is 24.9 Å². The highest BCUT2D eigenvalue weighted by atomic mass is 15.3. The third-order valence-corrected chi connectivity index (χ3v) is 2.90. The third-order valence-electron chi connectivity index (χ3n) is 2.90. The molecule has 4 nitrogen and oxygen atoms in total. The van der Waals surface area contributed by atoms with Gasteiger partial charge in [-0.05, 0) is 25.5 Å². The summed E-state index contributed by atoms with van der Waals surface area (Å²) in [6, 6.07) is 2.45. The van der Waals surface area contributed by atoms with Crippen LogP contribution in [0, 0.1) is 6.92 Å². The molecular formula is C13H18N4. The first-order valence-electron chi connectivity index (χ1n) is 5.76. The Morgan fingerprint density at radius 3 is 3.06 bits per heavy atom. The fourth-order valence-corrected chi connectivity index (χ4v) is 1.81. The number of aryl methyl sites for hydroxylation is 2. The van der Waals surface area contributed by atoms with E-state index in [0.29, 0.717) is 6.04 Å². The molecule has 0 aliphatic carbocycles. The summed E-state index contributed by atoms with van der Waals surface area (Å²) in [5.41, 5.74) is 3.12. The van der Waals surface area contributed by atoms with Crippen molar-refractivity contribution in [1.82, 2.24) is 20.1 Å². The monoisotopic (exact) mass is 230 g/mol. The van der Waals surface area contributed by atoms with E-state index >= 15 is 0 Å². The first kappa shape index (κ1) is 11.8. The van der Waals surface area contributed by atoms with E-state index in [2.05, 4.69) is 35.0 Å². The van der Waals surface area contributed by atoms with Crippen molar-refractivity contribution >= 4 is 11.0 Å². The van der Waals surface area contributed by atoms with E-state index in [4.69, 9.17) is 0 Å². The summed E-state index contributed by atoms with van der Waals surface area (Å²) in [6.07, 6.45) is 3.79. The van der Waals surface area contributed by atoms with Crippen LogP contribution in [0.1, 0.15) is 18.2 Å². The van der Waals surface area contributed by atoms with Gasteiger partial charge in [-0.25, -0.2) is 4.98 Å². The van der Waals surface area contributed by atoms with Gasteiger partial charge in [-0.3, -0.25) is 4.68 Å². The Hall–Kier alpha value is -1.68. The van der Waals surface area contributed by atoms with E-state index in [1.807, 2.05) is 30.9 Å². The maximum atomic E-state index is 4.44. The lowest BCUT2D eigenvalue weighted by atomic mass is 10.2. The SMILES string of the molecule is C=CC(C)NCc1cnc2c(c1)c(C)nn2C. The number of hydrogen-bond donors (Lipinski definition) is 1. The van der Waals surface area contributed by atoms with Gasteiger partial charge >= 0.3 is 0 Å². The Balaban J connectivity index is 2.25. The molecule has 0 saturated carbocycles. The number of hydrogen-bond acceptors (Lipinski definition) is 3. The molecule has 0 aliphatic rings. The molecule has 2 aromatic heterocycles. The second kappa shape index (κ2) is 4.67. The predicted molar refractivity (Wildman–Crippen MR) is 69.7 cm³/mol. The zero-order chi connectivity index (χ0) is 12.4. The maximum absolute atomic E-state index is 4.44. The van der Waals surface area contributed by atoms with Crippen LogP contribution in [-0.4, -0.2) is 20.8 Å². The summed E-state index contributed by atoms with van der Waals surface area (Å²) in [4.78, 5) is 4.44. The topological polar surface area (TPSA) is 42.7 Å². The van der Waals surface area contributed by atoms with Crippen LogP contribution in [0.2, 0.25) is 0 Å². The van der Waals surface area contributed by atoms with Crippen molar-refractivity contribution in [3.05, 3.63) is 36.2 Å². The molecule has 1 atom stereocenters. The van der Waals surface area contributed by atoms with Gasteiger partial charge < -0.3 is 5.32 Å². The molecule has 1 N–H and O–H groups in total. The van der Waals surface area contributed by atoms with E-state index in [0.717, 1.165) is 23.3 Å². The maximum Gasteiger partial charge on any atom is 0.157 e. The molecule has 1 unspecified atom stereocenters. The molecule has 2 rings (SSSR count). The Labute approximate surface area is 101 Å². The van der Waals surface area contributed by atoms with E-state index in [-0.39, 0.29) is 0 Å². The third kappa shape index (κ3) is 2.36. The van der Waals surface area contributed by atoms with E-state index in [1.54, 1.807) is 0 Å². The van der Waals surface area contributed by atoms with Crippen molar-refractivity contribution in [2.45, 2.75) is 26.4 Å². The molecule has 4 heteroatoms. The van der Waals surface area contributed by atoms with Crippen LogP contribution < -0.4 is 5.32 Å². The Kier molecular flexibility index (Phi) is 3.24. The average Bonchev–Trinajstić information content (AvgIpc) is 2.62. The number of nitrogens with zero attached hydrogens (tertiary/aromatic N) is 3.